The number of hydrogen-bond acceptors (Lipinski definition) is 4. The molecule has 4 rings (SSSR count). The smallest absolute Gasteiger partial charge is 0.188 e. The van der Waals surface area contributed by atoms with Gasteiger partial charge in [-0.25, -0.2) is 0 Å². The molecule has 2 saturated heterocycles. The molecule has 2 aromatic rings. The number of carbonyl (C=O) groups is 1. The first-order valence-corrected chi connectivity index (χ1v) is 10.2. The number of Topliss-reactive ketones (excluding diaryl/α,β-unsaturated/α-hetero) is 1. The quantitative estimate of drug-likeness (QED) is 0.700. The van der Waals surface area contributed by atoms with Crippen molar-refractivity contribution in [2.75, 3.05) is 20.8 Å². The standard InChI is InChI=1S/C25H27NO3/c1-4-26-23-13-14-24(26)22(16-18-7-11-20(29-3)12-8-18)25(27)21(23)15-17-5-9-19(28-2)10-6-17/h5-12,15-16,23-24H,4,13-14H2,1-3H3/b21-15+,22-16+. The Kier molecular flexibility index (Phi) is 5.54. The second-order valence-corrected chi connectivity index (χ2v) is 7.51. The van der Waals surface area contributed by atoms with Crippen molar-refractivity contribution in [3.63, 3.8) is 0 Å². The molecule has 4 heteroatoms. The Morgan fingerprint density at radius 1 is 0.828 bits per heavy atom. The van der Waals surface area contributed by atoms with Crippen molar-refractivity contribution in [1.82, 2.24) is 4.90 Å². The van der Waals surface area contributed by atoms with E-state index in [4.69, 9.17) is 9.47 Å². The summed E-state index contributed by atoms with van der Waals surface area (Å²) in [6.07, 6.45) is 6.15. The predicted octanol–water partition coefficient (Wildman–Crippen LogP) is 4.61. The lowest BCUT2D eigenvalue weighted by atomic mass is 9.88. The van der Waals surface area contributed by atoms with E-state index in [1.54, 1.807) is 14.2 Å². The predicted molar refractivity (Wildman–Crippen MR) is 116 cm³/mol. The molecule has 0 aliphatic carbocycles. The fourth-order valence-electron chi connectivity index (χ4n) is 4.53. The SMILES string of the molecule is CCN1C2CCC1/C(=C\c1ccc(OC)cc1)C(=O)/C2=C/c1ccc(OC)cc1. The molecule has 2 aliphatic rings. The summed E-state index contributed by atoms with van der Waals surface area (Å²) in [5, 5.41) is 0. The van der Waals surface area contributed by atoms with Crippen LogP contribution in [0.3, 0.4) is 0 Å². The number of methoxy groups -OCH3 is 2. The Morgan fingerprint density at radius 2 is 1.24 bits per heavy atom. The molecule has 0 amide bonds. The first-order chi connectivity index (χ1) is 14.1. The molecule has 2 heterocycles. The molecule has 150 valence electrons. The molecule has 0 spiro atoms. The number of piperidine rings is 1. The average Bonchev–Trinajstić information content (AvgIpc) is 3.14. The Morgan fingerprint density at radius 3 is 1.59 bits per heavy atom. The number of likely N-dealkylation sites (N-methyl/N-ethyl adjacent to an activating group) is 1. The molecule has 2 atom stereocenters. The average molecular weight is 389 g/mol. The third kappa shape index (κ3) is 3.73. The van der Waals surface area contributed by atoms with E-state index in [0.29, 0.717) is 0 Å². The van der Waals surface area contributed by atoms with E-state index in [9.17, 15) is 4.79 Å². The molecule has 0 aromatic heterocycles. The molecule has 2 fully saturated rings. The number of rotatable bonds is 5. The van der Waals surface area contributed by atoms with Crippen LogP contribution in [0, 0.1) is 0 Å². The summed E-state index contributed by atoms with van der Waals surface area (Å²) >= 11 is 0. The minimum absolute atomic E-state index is 0.175. The van der Waals surface area contributed by atoms with Crippen LogP contribution < -0.4 is 9.47 Å². The molecule has 0 radical (unpaired) electrons. The highest BCUT2D eigenvalue weighted by molar-refractivity contribution is 6.16. The largest absolute Gasteiger partial charge is 0.497 e. The fourth-order valence-corrected chi connectivity index (χ4v) is 4.53. The van der Waals surface area contributed by atoms with Gasteiger partial charge in [0.1, 0.15) is 11.5 Å². The Bertz CT molecular complexity index is 866. The molecule has 4 nitrogen and oxygen atoms in total. The molecule has 29 heavy (non-hydrogen) atoms. The van der Waals surface area contributed by atoms with Gasteiger partial charge in [-0.15, -0.1) is 0 Å². The van der Waals surface area contributed by atoms with Crippen molar-refractivity contribution in [1.29, 1.82) is 0 Å². The van der Waals surface area contributed by atoms with Gasteiger partial charge < -0.3 is 9.47 Å². The summed E-state index contributed by atoms with van der Waals surface area (Å²) in [5.41, 5.74) is 3.84. The van der Waals surface area contributed by atoms with Gasteiger partial charge in [0, 0.05) is 23.2 Å². The van der Waals surface area contributed by atoms with Gasteiger partial charge in [-0.1, -0.05) is 31.2 Å². The zero-order valence-corrected chi connectivity index (χ0v) is 17.2. The fraction of sp³-hybridized carbons (Fsp3) is 0.320. The van der Waals surface area contributed by atoms with E-state index in [1.165, 1.54) is 0 Å². The highest BCUT2D eigenvalue weighted by Gasteiger charge is 2.45. The van der Waals surface area contributed by atoms with Crippen LogP contribution in [0.25, 0.3) is 12.2 Å². The lowest BCUT2D eigenvalue weighted by molar-refractivity contribution is -0.114. The van der Waals surface area contributed by atoms with Crippen LogP contribution in [0.5, 0.6) is 11.5 Å². The lowest BCUT2D eigenvalue weighted by Crippen LogP contribution is -2.46. The van der Waals surface area contributed by atoms with Gasteiger partial charge in [0.15, 0.2) is 5.78 Å². The Hall–Kier alpha value is -2.85. The molecule has 2 aromatic carbocycles. The summed E-state index contributed by atoms with van der Waals surface area (Å²) < 4.78 is 10.5. The molecule has 0 saturated carbocycles. The highest BCUT2D eigenvalue weighted by atomic mass is 16.5. The number of carbonyl (C=O) groups excluding carboxylic acids is 1. The van der Waals surface area contributed by atoms with Gasteiger partial charge in [-0.05, 0) is 66.9 Å². The summed E-state index contributed by atoms with van der Waals surface area (Å²) in [6, 6.07) is 16.1. The molecule has 2 aliphatic heterocycles. The maximum Gasteiger partial charge on any atom is 0.188 e. The van der Waals surface area contributed by atoms with Gasteiger partial charge in [-0.3, -0.25) is 9.69 Å². The number of nitrogens with zero attached hydrogens (tertiary/aromatic N) is 1. The van der Waals surface area contributed by atoms with Gasteiger partial charge >= 0.3 is 0 Å². The summed E-state index contributed by atoms with van der Waals surface area (Å²) in [5.74, 6) is 1.81. The van der Waals surface area contributed by atoms with Crippen LogP contribution in [0.15, 0.2) is 59.7 Å². The van der Waals surface area contributed by atoms with Crippen LogP contribution in [-0.4, -0.2) is 43.5 Å². The maximum atomic E-state index is 13.5. The van der Waals surface area contributed by atoms with Gasteiger partial charge in [0.2, 0.25) is 0 Å². The number of ketones is 1. The zero-order valence-electron chi connectivity index (χ0n) is 17.2. The van der Waals surface area contributed by atoms with E-state index < -0.39 is 0 Å². The Labute approximate surface area is 172 Å². The van der Waals surface area contributed by atoms with Crippen LogP contribution in [0.1, 0.15) is 30.9 Å². The van der Waals surface area contributed by atoms with E-state index in [2.05, 4.69) is 24.0 Å². The van der Waals surface area contributed by atoms with E-state index >= 15 is 0 Å². The summed E-state index contributed by atoms with van der Waals surface area (Å²) in [7, 11) is 3.32. The highest BCUT2D eigenvalue weighted by Crippen LogP contribution is 2.41. The van der Waals surface area contributed by atoms with Crippen molar-refractivity contribution in [3.05, 3.63) is 70.8 Å². The van der Waals surface area contributed by atoms with Crippen LogP contribution in [-0.2, 0) is 4.79 Å². The van der Waals surface area contributed by atoms with Gasteiger partial charge in [-0.2, -0.15) is 0 Å². The minimum Gasteiger partial charge on any atom is -0.497 e. The maximum absolute atomic E-state index is 13.5. The monoisotopic (exact) mass is 389 g/mol. The zero-order chi connectivity index (χ0) is 20.4. The second-order valence-electron chi connectivity index (χ2n) is 7.51. The van der Waals surface area contributed by atoms with Gasteiger partial charge in [0.25, 0.3) is 0 Å². The molecular weight excluding hydrogens is 362 g/mol. The first-order valence-electron chi connectivity index (χ1n) is 10.2. The minimum atomic E-state index is 0.175. The van der Waals surface area contributed by atoms with E-state index in [0.717, 1.165) is 53.2 Å². The second kappa shape index (κ2) is 8.26. The lowest BCUT2D eigenvalue weighted by Gasteiger charge is -2.36. The molecule has 2 unspecified atom stereocenters. The summed E-state index contributed by atoms with van der Waals surface area (Å²) in [4.78, 5) is 16.0. The van der Waals surface area contributed by atoms with Gasteiger partial charge in [0.05, 0.1) is 14.2 Å². The van der Waals surface area contributed by atoms with Crippen LogP contribution in [0.2, 0.25) is 0 Å². The Balaban J connectivity index is 1.73. The molecule has 0 N–H and O–H groups in total. The number of hydrogen-bond donors (Lipinski definition) is 0. The van der Waals surface area contributed by atoms with Crippen LogP contribution in [0.4, 0.5) is 0 Å². The van der Waals surface area contributed by atoms with E-state index in [-0.39, 0.29) is 17.9 Å². The number of benzene rings is 2. The third-order valence-corrected chi connectivity index (χ3v) is 6.00. The van der Waals surface area contributed by atoms with Crippen molar-refractivity contribution < 1.29 is 14.3 Å². The molecule has 2 bridgehead atoms. The van der Waals surface area contributed by atoms with Crippen molar-refractivity contribution in [2.24, 2.45) is 0 Å². The van der Waals surface area contributed by atoms with Crippen molar-refractivity contribution in [3.8, 4) is 11.5 Å². The van der Waals surface area contributed by atoms with Crippen molar-refractivity contribution >= 4 is 17.9 Å². The van der Waals surface area contributed by atoms with E-state index in [1.807, 2.05) is 48.5 Å². The third-order valence-electron chi connectivity index (χ3n) is 6.00. The number of ether oxygens (including phenoxy) is 2. The van der Waals surface area contributed by atoms with Crippen LogP contribution >= 0.6 is 0 Å². The molecular formula is C25H27NO3. The topological polar surface area (TPSA) is 38.8 Å². The number of fused-ring (bicyclic) bond motifs is 2. The first kappa shape index (κ1) is 19.5. The normalized spacial score (nSPS) is 24.3. The summed E-state index contributed by atoms with van der Waals surface area (Å²) in [6.45, 7) is 3.11. The van der Waals surface area contributed by atoms with Crippen molar-refractivity contribution in [2.45, 2.75) is 31.8 Å².